The smallest absolute Gasteiger partial charge is 0.309 e. The lowest BCUT2D eigenvalue weighted by molar-refractivity contribution is -0.152. The molecular formula is C17H23FO3. The van der Waals surface area contributed by atoms with E-state index in [-0.39, 0.29) is 12.2 Å². The number of hydrogen-bond donors (Lipinski definition) is 1. The fourth-order valence-electron chi connectivity index (χ4n) is 3.43. The minimum absolute atomic E-state index is 0.259. The summed E-state index contributed by atoms with van der Waals surface area (Å²) in [6.07, 6.45) is 4.50. The Balaban J connectivity index is 2.26. The molecule has 1 aromatic carbocycles. The molecule has 1 saturated carbocycles. The second-order valence-corrected chi connectivity index (χ2v) is 6.09. The van der Waals surface area contributed by atoms with Crippen LogP contribution in [0.25, 0.3) is 0 Å². The van der Waals surface area contributed by atoms with Gasteiger partial charge in [-0.25, -0.2) is 4.39 Å². The molecule has 21 heavy (non-hydrogen) atoms. The molecule has 0 aromatic heterocycles. The predicted octanol–water partition coefficient (Wildman–Crippen LogP) is 4.05. The van der Waals surface area contributed by atoms with E-state index in [9.17, 15) is 14.3 Å². The molecule has 1 aliphatic rings. The lowest BCUT2D eigenvalue weighted by Crippen LogP contribution is -2.38. The summed E-state index contributed by atoms with van der Waals surface area (Å²) in [6, 6.07) is 4.66. The highest BCUT2D eigenvalue weighted by Gasteiger charge is 2.42. The number of methoxy groups -OCH3 is 1. The Labute approximate surface area is 125 Å². The van der Waals surface area contributed by atoms with Crippen LogP contribution in [0.2, 0.25) is 0 Å². The monoisotopic (exact) mass is 294 g/mol. The van der Waals surface area contributed by atoms with Crippen LogP contribution in [-0.4, -0.2) is 18.2 Å². The number of aliphatic carboxylic acids is 1. The van der Waals surface area contributed by atoms with E-state index in [2.05, 4.69) is 6.92 Å². The van der Waals surface area contributed by atoms with Crippen LogP contribution in [0.5, 0.6) is 5.75 Å². The maximum absolute atomic E-state index is 14.1. The van der Waals surface area contributed by atoms with Crippen molar-refractivity contribution in [2.24, 2.45) is 11.3 Å². The van der Waals surface area contributed by atoms with E-state index < -0.39 is 11.4 Å². The summed E-state index contributed by atoms with van der Waals surface area (Å²) >= 11 is 0. The molecule has 2 atom stereocenters. The van der Waals surface area contributed by atoms with Crippen LogP contribution in [0.3, 0.4) is 0 Å². The van der Waals surface area contributed by atoms with Crippen LogP contribution >= 0.6 is 0 Å². The van der Waals surface area contributed by atoms with Crippen LogP contribution < -0.4 is 4.74 Å². The number of carboxylic acid groups (broad SMARTS) is 1. The molecule has 0 heterocycles. The van der Waals surface area contributed by atoms with E-state index in [0.29, 0.717) is 30.1 Å². The largest absolute Gasteiger partial charge is 0.497 e. The first-order chi connectivity index (χ1) is 10.0. The van der Waals surface area contributed by atoms with E-state index in [1.54, 1.807) is 12.1 Å². The molecule has 116 valence electrons. The second-order valence-electron chi connectivity index (χ2n) is 6.09. The van der Waals surface area contributed by atoms with Gasteiger partial charge in [0.05, 0.1) is 12.5 Å². The number of benzene rings is 1. The standard InChI is InChI=1S/C17H23FO3/c1-3-12-5-4-8-17(10-12,16(19)20)11-13-6-7-14(21-2)9-15(13)18/h6-7,9,12H,3-5,8,10-11H2,1-2H3,(H,19,20). The van der Waals surface area contributed by atoms with Gasteiger partial charge < -0.3 is 9.84 Å². The van der Waals surface area contributed by atoms with Crippen LogP contribution in [-0.2, 0) is 11.2 Å². The van der Waals surface area contributed by atoms with Crippen molar-refractivity contribution >= 4 is 5.97 Å². The zero-order valence-electron chi connectivity index (χ0n) is 12.7. The minimum Gasteiger partial charge on any atom is -0.497 e. The zero-order chi connectivity index (χ0) is 15.5. The molecule has 2 rings (SSSR count). The topological polar surface area (TPSA) is 46.5 Å². The van der Waals surface area contributed by atoms with Gasteiger partial charge in [-0.2, -0.15) is 0 Å². The fourth-order valence-corrected chi connectivity index (χ4v) is 3.43. The summed E-state index contributed by atoms with van der Waals surface area (Å²) in [5.74, 6) is -0.295. The number of hydrogen-bond acceptors (Lipinski definition) is 2. The summed E-state index contributed by atoms with van der Waals surface area (Å²) < 4.78 is 19.1. The van der Waals surface area contributed by atoms with Crippen molar-refractivity contribution in [1.29, 1.82) is 0 Å². The van der Waals surface area contributed by atoms with Gasteiger partial charge in [0.25, 0.3) is 0 Å². The Morgan fingerprint density at radius 3 is 2.86 bits per heavy atom. The van der Waals surface area contributed by atoms with E-state index in [1.165, 1.54) is 13.2 Å². The SMILES string of the molecule is CCC1CCCC(Cc2ccc(OC)cc2F)(C(=O)O)C1. The van der Waals surface area contributed by atoms with Gasteiger partial charge in [0.15, 0.2) is 0 Å². The Morgan fingerprint density at radius 2 is 2.29 bits per heavy atom. The Bertz CT molecular complexity index is 515. The molecular weight excluding hydrogens is 271 g/mol. The quantitative estimate of drug-likeness (QED) is 0.891. The van der Waals surface area contributed by atoms with Crippen molar-refractivity contribution in [3.05, 3.63) is 29.6 Å². The van der Waals surface area contributed by atoms with Gasteiger partial charge in [-0.15, -0.1) is 0 Å². The normalized spacial score (nSPS) is 25.6. The molecule has 3 nitrogen and oxygen atoms in total. The first-order valence-corrected chi connectivity index (χ1v) is 7.56. The molecule has 0 radical (unpaired) electrons. The Kier molecular flexibility index (Phi) is 4.86. The summed E-state index contributed by atoms with van der Waals surface area (Å²) in [5, 5.41) is 9.71. The van der Waals surface area contributed by atoms with Gasteiger partial charge in [0.1, 0.15) is 11.6 Å². The molecule has 4 heteroatoms. The van der Waals surface area contributed by atoms with Gasteiger partial charge in [-0.1, -0.05) is 32.3 Å². The van der Waals surface area contributed by atoms with Crippen LogP contribution in [0, 0.1) is 17.2 Å². The summed E-state index contributed by atoms with van der Waals surface area (Å²) in [4.78, 5) is 11.8. The molecule has 1 N–H and O–H groups in total. The van der Waals surface area contributed by atoms with Crippen molar-refractivity contribution in [3.63, 3.8) is 0 Å². The number of ether oxygens (including phenoxy) is 1. The molecule has 0 aliphatic heterocycles. The highest BCUT2D eigenvalue weighted by atomic mass is 19.1. The number of halogens is 1. The van der Waals surface area contributed by atoms with E-state index in [4.69, 9.17) is 4.74 Å². The maximum Gasteiger partial charge on any atom is 0.309 e. The van der Waals surface area contributed by atoms with Crippen LogP contribution in [0.15, 0.2) is 18.2 Å². The van der Waals surface area contributed by atoms with E-state index in [1.807, 2.05) is 0 Å². The van der Waals surface area contributed by atoms with Crippen molar-refractivity contribution in [2.45, 2.75) is 45.4 Å². The predicted molar refractivity (Wildman–Crippen MR) is 79.0 cm³/mol. The van der Waals surface area contributed by atoms with Crippen molar-refractivity contribution < 1.29 is 19.0 Å². The van der Waals surface area contributed by atoms with Crippen LogP contribution in [0.4, 0.5) is 4.39 Å². The molecule has 1 aromatic rings. The average Bonchev–Trinajstić information content (AvgIpc) is 2.49. The van der Waals surface area contributed by atoms with Crippen molar-refractivity contribution in [3.8, 4) is 5.75 Å². The number of carboxylic acids is 1. The highest BCUT2D eigenvalue weighted by Crippen LogP contribution is 2.43. The zero-order valence-corrected chi connectivity index (χ0v) is 12.7. The molecule has 0 saturated heterocycles. The third-order valence-electron chi connectivity index (χ3n) is 4.77. The lowest BCUT2D eigenvalue weighted by Gasteiger charge is -2.37. The highest BCUT2D eigenvalue weighted by molar-refractivity contribution is 5.75. The number of carbonyl (C=O) groups is 1. The summed E-state index contributed by atoms with van der Waals surface area (Å²) in [6.45, 7) is 2.09. The van der Waals surface area contributed by atoms with Gasteiger partial charge in [0, 0.05) is 6.07 Å². The Morgan fingerprint density at radius 1 is 1.52 bits per heavy atom. The summed E-state index contributed by atoms with van der Waals surface area (Å²) in [7, 11) is 1.49. The molecule has 0 bridgehead atoms. The van der Waals surface area contributed by atoms with Gasteiger partial charge >= 0.3 is 5.97 Å². The van der Waals surface area contributed by atoms with Gasteiger partial charge in [-0.05, 0) is 36.8 Å². The average molecular weight is 294 g/mol. The first kappa shape index (κ1) is 15.8. The molecule has 0 amide bonds. The molecule has 1 aliphatic carbocycles. The molecule has 0 spiro atoms. The third kappa shape index (κ3) is 3.36. The summed E-state index contributed by atoms with van der Waals surface area (Å²) in [5.41, 5.74) is -0.357. The lowest BCUT2D eigenvalue weighted by atomic mass is 9.66. The maximum atomic E-state index is 14.1. The molecule has 1 fully saturated rings. The second kappa shape index (κ2) is 6.46. The molecule has 2 unspecified atom stereocenters. The third-order valence-corrected chi connectivity index (χ3v) is 4.77. The van der Waals surface area contributed by atoms with Gasteiger partial charge in [0.2, 0.25) is 0 Å². The van der Waals surface area contributed by atoms with Gasteiger partial charge in [-0.3, -0.25) is 4.79 Å². The van der Waals surface area contributed by atoms with Crippen molar-refractivity contribution in [2.75, 3.05) is 7.11 Å². The first-order valence-electron chi connectivity index (χ1n) is 7.56. The van der Waals surface area contributed by atoms with E-state index in [0.717, 1.165) is 19.3 Å². The minimum atomic E-state index is -0.825. The van der Waals surface area contributed by atoms with Crippen molar-refractivity contribution in [1.82, 2.24) is 0 Å². The van der Waals surface area contributed by atoms with Crippen LogP contribution in [0.1, 0.15) is 44.6 Å². The fraction of sp³-hybridized carbons (Fsp3) is 0.588. The number of rotatable bonds is 5. The van der Waals surface area contributed by atoms with E-state index >= 15 is 0 Å². The Hall–Kier alpha value is -1.58.